The molecule has 0 aromatic heterocycles. The van der Waals surface area contributed by atoms with Crippen molar-refractivity contribution in [2.75, 3.05) is 5.32 Å². The first-order chi connectivity index (χ1) is 10.3. The molecule has 2 N–H and O–H groups in total. The monoisotopic (exact) mass is 448 g/mol. The highest BCUT2D eigenvalue weighted by molar-refractivity contribution is 9.11. The molecule has 0 unspecified atom stereocenters. The van der Waals surface area contributed by atoms with E-state index in [0.29, 0.717) is 14.6 Å². The van der Waals surface area contributed by atoms with Crippen molar-refractivity contribution in [1.82, 2.24) is 0 Å². The first-order valence-electron chi connectivity index (χ1n) is 5.73. The van der Waals surface area contributed by atoms with Crippen molar-refractivity contribution in [3.8, 4) is 5.75 Å². The number of anilines is 1. The molecule has 6 nitrogen and oxygen atoms in total. The van der Waals surface area contributed by atoms with Crippen LogP contribution < -0.4 is 5.32 Å². The fourth-order valence-corrected chi connectivity index (χ4v) is 3.01. The van der Waals surface area contributed by atoms with Gasteiger partial charge in [0.05, 0.1) is 13.9 Å². The van der Waals surface area contributed by atoms with Gasteiger partial charge in [-0.2, -0.15) is 0 Å². The van der Waals surface area contributed by atoms with Crippen LogP contribution in [0.4, 0.5) is 11.4 Å². The quantitative estimate of drug-likeness (QED) is 0.402. The lowest BCUT2D eigenvalue weighted by Gasteiger charge is -2.08. The minimum atomic E-state index is -0.660. The zero-order valence-corrected chi connectivity index (χ0v) is 14.6. The van der Waals surface area contributed by atoms with Crippen LogP contribution >= 0.6 is 43.5 Å². The third-order valence-electron chi connectivity index (χ3n) is 2.68. The molecule has 114 valence electrons. The number of nitro benzene ring substituents is 1. The minimum Gasteiger partial charge on any atom is -0.506 e. The van der Waals surface area contributed by atoms with Crippen LogP contribution in [-0.2, 0) is 0 Å². The fraction of sp³-hybridized carbons (Fsp3) is 0. The summed E-state index contributed by atoms with van der Waals surface area (Å²) in [7, 11) is 0. The lowest BCUT2D eigenvalue weighted by Crippen LogP contribution is -2.12. The van der Waals surface area contributed by atoms with Gasteiger partial charge in [-0.3, -0.25) is 14.9 Å². The van der Waals surface area contributed by atoms with Crippen LogP contribution in [-0.4, -0.2) is 15.9 Å². The zero-order valence-electron chi connectivity index (χ0n) is 10.6. The predicted molar refractivity (Wildman–Crippen MR) is 89.6 cm³/mol. The van der Waals surface area contributed by atoms with E-state index in [4.69, 9.17) is 11.6 Å². The molecule has 0 spiro atoms. The van der Waals surface area contributed by atoms with E-state index in [0.717, 1.165) is 6.07 Å². The summed E-state index contributed by atoms with van der Waals surface area (Å²) in [4.78, 5) is 22.3. The number of nitrogens with one attached hydrogen (secondary N) is 1. The average molecular weight is 450 g/mol. The van der Waals surface area contributed by atoms with Crippen molar-refractivity contribution in [2.45, 2.75) is 0 Å². The third-order valence-corrected chi connectivity index (χ3v) is 4.21. The molecular weight excluding hydrogens is 443 g/mol. The van der Waals surface area contributed by atoms with Gasteiger partial charge in [-0.25, -0.2) is 0 Å². The Morgan fingerprint density at radius 3 is 2.36 bits per heavy atom. The van der Waals surface area contributed by atoms with Gasteiger partial charge < -0.3 is 10.4 Å². The number of aromatic hydroxyl groups is 1. The first kappa shape index (κ1) is 16.7. The summed E-state index contributed by atoms with van der Waals surface area (Å²) in [6, 6.07) is 6.78. The SMILES string of the molecule is O=C(Nc1cc(Br)c(O)c(Br)c1)c1ccc(Cl)c([N+](=O)[O-])c1. The molecule has 0 saturated carbocycles. The molecular formula is C13H7Br2ClN2O4. The number of rotatable bonds is 3. The van der Waals surface area contributed by atoms with Crippen LogP contribution in [0.25, 0.3) is 0 Å². The Hall–Kier alpha value is -1.64. The summed E-state index contributed by atoms with van der Waals surface area (Å²) >= 11 is 12.0. The second-order valence-electron chi connectivity index (χ2n) is 4.17. The Morgan fingerprint density at radius 2 is 1.82 bits per heavy atom. The Kier molecular flexibility index (Phi) is 5.05. The zero-order chi connectivity index (χ0) is 16.4. The summed E-state index contributed by atoms with van der Waals surface area (Å²) in [6.45, 7) is 0. The molecule has 0 heterocycles. The van der Waals surface area contributed by atoms with E-state index in [1.54, 1.807) is 0 Å². The summed E-state index contributed by atoms with van der Waals surface area (Å²) in [5.41, 5.74) is 0.151. The summed E-state index contributed by atoms with van der Waals surface area (Å²) < 4.78 is 0.776. The van der Waals surface area contributed by atoms with Crippen LogP contribution in [0, 0.1) is 10.1 Å². The largest absolute Gasteiger partial charge is 0.506 e. The summed E-state index contributed by atoms with van der Waals surface area (Å²) in [5.74, 6) is -0.538. The minimum absolute atomic E-state index is 0.000120. The molecule has 2 aromatic rings. The molecule has 0 bridgehead atoms. The number of hydrogen-bond donors (Lipinski definition) is 2. The molecule has 2 rings (SSSR count). The number of amides is 1. The van der Waals surface area contributed by atoms with Crippen LogP contribution in [0.15, 0.2) is 39.3 Å². The van der Waals surface area contributed by atoms with Gasteiger partial charge in [-0.1, -0.05) is 11.6 Å². The maximum absolute atomic E-state index is 12.1. The highest BCUT2D eigenvalue weighted by atomic mass is 79.9. The Bertz CT molecular complexity index is 760. The van der Waals surface area contributed by atoms with E-state index in [2.05, 4.69) is 37.2 Å². The number of benzene rings is 2. The van der Waals surface area contributed by atoms with Gasteiger partial charge >= 0.3 is 0 Å². The van der Waals surface area contributed by atoms with Gasteiger partial charge in [0.1, 0.15) is 10.8 Å². The summed E-state index contributed by atoms with van der Waals surface area (Å²) in [5, 5.41) is 23.0. The standard InChI is InChI=1S/C13H7Br2ClN2O4/c14-8-4-7(5-9(15)12(8)19)17-13(20)6-1-2-10(16)11(3-6)18(21)22/h1-5,19H,(H,17,20). The van der Waals surface area contributed by atoms with E-state index in [-0.39, 0.29) is 22.0 Å². The van der Waals surface area contributed by atoms with Crippen molar-refractivity contribution >= 4 is 60.7 Å². The molecule has 22 heavy (non-hydrogen) atoms. The Labute approximate surface area is 146 Å². The van der Waals surface area contributed by atoms with Crippen molar-refractivity contribution in [2.24, 2.45) is 0 Å². The van der Waals surface area contributed by atoms with Gasteiger partial charge in [0.25, 0.3) is 11.6 Å². The molecule has 0 atom stereocenters. The topological polar surface area (TPSA) is 92.5 Å². The number of hydrogen-bond acceptors (Lipinski definition) is 4. The maximum atomic E-state index is 12.1. The van der Waals surface area contributed by atoms with Crippen LogP contribution in [0.3, 0.4) is 0 Å². The molecule has 1 amide bonds. The smallest absolute Gasteiger partial charge is 0.288 e. The van der Waals surface area contributed by atoms with Crippen molar-refractivity contribution in [3.63, 3.8) is 0 Å². The van der Waals surface area contributed by atoms with E-state index in [9.17, 15) is 20.0 Å². The maximum Gasteiger partial charge on any atom is 0.288 e. The number of phenols is 1. The molecule has 0 aliphatic carbocycles. The number of halogens is 3. The first-order valence-corrected chi connectivity index (χ1v) is 7.69. The van der Waals surface area contributed by atoms with Crippen molar-refractivity contribution in [1.29, 1.82) is 0 Å². The van der Waals surface area contributed by atoms with Crippen molar-refractivity contribution in [3.05, 3.63) is 60.0 Å². The van der Waals surface area contributed by atoms with Crippen LogP contribution in [0.2, 0.25) is 5.02 Å². The molecule has 0 fully saturated rings. The molecule has 2 aromatic carbocycles. The second-order valence-corrected chi connectivity index (χ2v) is 6.28. The highest BCUT2D eigenvalue weighted by Gasteiger charge is 2.17. The highest BCUT2D eigenvalue weighted by Crippen LogP contribution is 2.35. The predicted octanol–water partition coefficient (Wildman–Crippen LogP) is 4.73. The second kappa shape index (κ2) is 6.64. The third kappa shape index (κ3) is 3.57. The number of nitro groups is 1. The lowest BCUT2D eigenvalue weighted by atomic mass is 10.2. The number of phenolic OH excluding ortho intramolecular Hbond substituents is 1. The molecule has 0 aliphatic heterocycles. The molecule has 0 saturated heterocycles. The lowest BCUT2D eigenvalue weighted by molar-refractivity contribution is -0.384. The molecule has 0 radical (unpaired) electrons. The van der Waals surface area contributed by atoms with Crippen molar-refractivity contribution < 1.29 is 14.8 Å². The number of nitrogens with zero attached hydrogens (tertiary/aromatic N) is 1. The number of carbonyl (C=O) groups excluding carboxylic acids is 1. The molecule has 9 heteroatoms. The van der Waals surface area contributed by atoms with Crippen LogP contribution in [0.5, 0.6) is 5.75 Å². The average Bonchev–Trinajstić information content (AvgIpc) is 2.44. The van der Waals surface area contributed by atoms with E-state index >= 15 is 0 Å². The Morgan fingerprint density at radius 1 is 1.23 bits per heavy atom. The number of carbonyl (C=O) groups is 1. The normalized spacial score (nSPS) is 10.3. The van der Waals surface area contributed by atoms with Gasteiger partial charge in [0, 0.05) is 17.3 Å². The van der Waals surface area contributed by atoms with E-state index < -0.39 is 10.8 Å². The fourth-order valence-electron chi connectivity index (χ4n) is 1.63. The van der Waals surface area contributed by atoms with E-state index in [1.165, 1.54) is 24.3 Å². The van der Waals surface area contributed by atoms with Gasteiger partial charge in [0.2, 0.25) is 0 Å². The van der Waals surface area contributed by atoms with Gasteiger partial charge in [-0.05, 0) is 56.1 Å². The Balaban J connectivity index is 2.30. The summed E-state index contributed by atoms with van der Waals surface area (Å²) in [6.07, 6.45) is 0. The van der Waals surface area contributed by atoms with Gasteiger partial charge in [-0.15, -0.1) is 0 Å². The van der Waals surface area contributed by atoms with Crippen LogP contribution in [0.1, 0.15) is 10.4 Å². The molecule has 0 aliphatic rings. The van der Waals surface area contributed by atoms with Gasteiger partial charge in [0.15, 0.2) is 0 Å². The van der Waals surface area contributed by atoms with E-state index in [1.807, 2.05) is 0 Å².